The third kappa shape index (κ3) is 3.56. The van der Waals surface area contributed by atoms with Crippen molar-refractivity contribution in [2.24, 2.45) is 0 Å². The highest BCUT2D eigenvalue weighted by Gasteiger charge is 2.41. The van der Waals surface area contributed by atoms with Gasteiger partial charge in [-0.05, 0) is 24.2 Å². The molecule has 5 nitrogen and oxygen atoms in total. The molecule has 1 amide bonds. The number of amides is 1. The van der Waals surface area contributed by atoms with E-state index >= 15 is 0 Å². The molecule has 0 radical (unpaired) electrons. The van der Waals surface area contributed by atoms with Crippen LogP contribution in [0.25, 0.3) is 0 Å². The first-order valence-electron chi connectivity index (χ1n) is 6.57. The number of carbonyl (C=O) groups excluding carboxylic acids is 1. The van der Waals surface area contributed by atoms with E-state index in [2.05, 4.69) is 35.6 Å². The van der Waals surface area contributed by atoms with Crippen LogP contribution in [0.4, 0.5) is 0 Å². The minimum atomic E-state index is -3.79. The van der Waals surface area contributed by atoms with Crippen LogP contribution in [0, 0.1) is 0 Å². The van der Waals surface area contributed by atoms with Crippen LogP contribution in [0.15, 0.2) is 27.6 Å². The Hall–Kier alpha value is -0.703. The van der Waals surface area contributed by atoms with Gasteiger partial charge >= 0.3 is 0 Å². The maximum absolute atomic E-state index is 12.4. The van der Waals surface area contributed by atoms with E-state index in [4.69, 9.17) is 4.74 Å². The highest BCUT2D eigenvalue weighted by atomic mass is 79.9. The first kappa shape index (κ1) is 16.7. The van der Waals surface area contributed by atoms with Gasteiger partial charge in [0.2, 0.25) is 0 Å². The fourth-order valence-electron chi connectivity index (χ4n) is 1.90. The first-order chi connectivity index (χ1) is 9.63. The minimum absolute atomic E-state index is 0.0377. The Kier molecular flexibility index (Phi) is 4.62. The molecule has 1 aromatic carbocycles. The van der Waals surface area contributed by atoms with Gasteiger partial charge < -0.3 is 4.74 Å². The highest BCUT2D eigenvalue weighted by molar-refractivity contribution is 9.10. The molecule has 0 fully saturated rings. The lowest BCUT2D eigenvalue weighted by molar-refractivity contribution is 0.0572. The number of sulfonamides is 1. The van der Waals surface area contributed by atoms with Crippen LogP contribution in [-0.2, 0) is 14.8 Å². The molecule has 116 valence electrons. The molecule has 0 N–H and O–H groups in total. The first-order valence-corrected chi connectivity index (χ1v) is 12.5. The number of halogens is 1. The Bertz CT molecular complexity index is 669. The van der Waals surface area contributed by atoms with Crippen molar-refractivity contribution in [1.29, 1.82) is 0 Å². The third-order valence-corrected chi connectivity index (χ3v) is 7.12. The van der Waals surface area contributed by atoms with Gasteiger partial charge in [-0.2, -0.15) is 0 Å². The predicted octanol–water partition coefficient (Wildman–Crippen LogP) is 2.91. The zero-order chi connectivity index (χ0) is 15.8. The van der Waals surface area contributed by atoms with Crippen molar-refractivity contribution in [1.82, 2.24) is 4.31 Å². The molecule has 0 spiro atoms. The van der Waals surface area contributed by atoms with E-state index in [1.54, 1.807) is 6.07 Å². The van der Waals surface area contributed by atoms with E-state index in [1.807, 2.05) is 0 Å². The van der Waals surface area contributed by atoms with Gasteiger partial charge in [0, 0.05) is 19.2 Å². The van der Waals surface area contributed by atoms with Crippen LogP contribution < -0.4 is 0 Å². The molecular formula is C13H18BrNO4SSi. The van der Waals surface area contributed by atoms with E-state index in [9.17, 15) is 13.2 Å². The average molecular weight is 392 g/mol. The van der Waals surface area contributed by atoms with Crippen molar-refractivity contribution in [2.75, 3.05) is 13.3 Å². The van der Waals surface area contributed by atoms with Gasteiger partial charge in [0.1, 0.15) is 11.6 Å². The molecule has 0 aromatic heterocycles. The van der Waals surface area contributed by atoms with Crippen LogP contribution in [0.1, 0.15) is 10.4 Å². The molecule has 1 aliphatic rings. The lowest BCUT2D eigenvalue weighted by Crippen LogP contribution is -2.33. The second-order valence-electron chi connectivity index (χ2n) is 6.15. The zero-order valence-electron chi connectivity index (χ0n) is 12.2. The van der Waals surface area contributed by atoms with Crippen LogP contribution in [0.3, 0.4) is 0 Å². The summed E-state index contributed by atoms with van der Waals surface area (Å²) in [6, 6.07) is 5.54. The number of rotatable bonds is 5. The number of benzene rings is 1. The van der Waals surface area contributed by atoms with Gasteiger partial charge in [-0.25, -0.2) is 12.7 Å². The summed E-state index contributed by atoms with van der Waals surface area (Å²) in [5, 5.41) is 0. The maximum Gasteiger partial charge on any atom is 0.271 e. The SMILES string of the molecule is C[Si](C)(C)CCOCN1C(=O)c2ccc(Br)cc2S1(=O)=O. The maximum atomic E-state index is 12.4. The van der Waals surface area contributed by atoms with Crippen molar-refractivity contribution in [3.8, 4) is 0 Å². The summed E-state index contributed by atoms with van der Waals surface area (Å²) >= 11 is 3.22. The number of hydrogen-bond donors (Lipinski definition) is 0. The standard InChI is InChI=1S/C13H18BrNO4SSi/c1-21(2,3)7-6-19-9-15-13(16)11-5-4-10(14)8-12(11)20(15,17)18/h4-5,8H,6-7,9H2,1-3H3. The Labute approximate surface area is 134 Å². The Morgan fingerprint density at radius 2 is 1.95 bits per heavy atom. The number of fused-ring (bicyclic) bond motifs is 1. The van der Waals surface area contributed by atoms with E-state index in [-0.39, 0.29) is 17.2 Å². The van der Waals surface area contributed by atoms with Crippen LogP contribution in [0.2, 0.25) is 25.7 Å². The largest absolute Gasteiger partial charge is 0.360 e. The summed E-state index contributed by atoms with van der Waals surface area (Å²) < 4.78 is 31.5. The normalized spacial score (nSPS) is 17.1. The summed E-state index contributed by atoms with van der Waals surface area (Å²) in [5.74, 6) is -0.523. The molecule has 1 aromatic rings. The molecule has 1 aliphatic heterocycles. The summed E-state index contributed by atoms with van der Waals surface area (Å²) in [6.45, 7) is 6.87. The van der Waals surface area contributed by atoms with E-state index in [1.165, 1.54) is 12.1 Å². The van der Waals surface area contributed by atoms with E-state index in [0.29, 0.717) is 11.1 Å². The van der Waals surface area contributed by atoms with Crippen LogP contribution in [0.5, 0.6) is 0 Å². The zero-order valence-corrected chi connectivity index (χ0v) is 15.6. The Morgan fingerprint density at radius 3 is 2.57 bits per heavy atom. The number of ether oxygens (including phenoxy) is 1. The van der Waals surface area contributed by atoms with Gasteiger partial charge in [0.15, 0.2) is 0 Å². The molecule has 8 heteroatoms. The lowest BCUT2D eigenvalue weighted by atomic mass is 10.2. The van der Waals surface area contributed by atoms with Gasteiger partial charge in [-0.1, -0.05) is 35.6 Å². The second kappa shape index (κ2) is 5.83. The molecule has 0 atom stereocenters. The summed E-state index contributed by atoms with van der Waals surface area (Å²) in [7, 11) is -5.04. The topological polar surface area (TPSA) is 63.7 Å². The quantitative estimate of drug-likeness (QED) is 0.571. The number of nitrogens with zero attached hydrogens (tertiary/aromatic N) is 1. The van der Waals surface area contributed by atoms with Gasteiger partial charge in [0.25, 0.3) is 15.9 Å². The van der Waals surface area contributed by atoms with Crippen molar-refractivity contribution in [3.63, 3.8) is 0 Å². The highest BCUT2D eigenvalue weighted by Crippen LogP contribution is 2.32. The molecular weight excluding hydrogens is 374 g/mol. The van der Waals surface area contributed by atoms with E-state index < -0.39 is 24.0 Å². The molecule has 0 saturated carbocycles. The van der Waals surface area contributed by atoms with Crippen LogP contribution in [-0.4, -0.2) is 40.0 Å². The molecule has 0 bridgehead atoms. The molecule has 0 saturated heterocycles. The third-order valence-electron chi connectivity index (χ3n) is 3.17. The molecule has 0 aliphatic carbocycles. The van der Waals surface area contributed by atoms with Crippen molar-refractivity contribution in [3.05, 3.63) is 28.2 Å². The monoisotopic (exact) mass is 391 g/mol. The lowest BCUT2D eigenvalue weighted by Gasteiger charge is -2.18. The fourth-order valence-corrected chi connectivity index (χ4v) is 4.65. The smallest absolute Gasteiger partial charge is 0.271 e. The molecule has 21 heavy (non-hydrogen) atoms. The van der Waals surface area contributed by atoms with Gasteiger partial charge in [-0.3, -0.25) is 4.79 Å². The summed E-state index contributed by atoms with van der Waals surface area (Å²) in [5.41, 5.74) is 0.201. The van der Waals surface area contributed by atoms with Crippen LogP contribution >= 0.6 is 15.9 Å². The summed E-state index contributed by atoms with van der Waals surface area (Å²) in [6.07, 6.45) is 0. The fraction of sp³-hybridized carbons (Fsp3) is 0.462. The Morgan fingerprint density at radius 1 is 1.29 bits per heavy atom. The van der Waals surface area contributed by atoms with Crippen molar-refractivity contribution < 1.29 is 17.9 Å². The van der Waals surface area contributed by atoms with Gasteiger partial charge in [0.05, 0.1) is 5.56 Å². The van der Waals surface area contributed by atoms with Crippen molar-refractivity contribution >= 4 is 39.9 Å². The predicted molar refractivity (Wildman–Crippen MR) is 86.5 cm³/mol. The molecule has 1 heterocycles. The molecule has 2 rings (SSSR count). The average Bonchev–Trinajstić information content (AvgIpc) is 2.53. The Balaban J connectivity index is 2.11. The number of carbonyl (C=O) groups is 1. The summed E-state index contributed by atoms with van der Waals surface area (Å²) in [4.78, 5) is 12.2. The van der Waals surface area contributed by atoms with Crippen molar-refractivity contribution in [2.45, 2.75) is 30.6 Å². The van der Waals surface area contributed by atoms with Gasteiger partial charge in [-0.15, -0.1) is 0 Å². The number of hydrogen-bond acceptors (Lipinski definition) is 4. The second-order valence-corrected chi connectivity index (χ2v) is 14.5. The van der Waals surface area contributed by atoms with E-state index in [0.717, 1.165) is 10.3 Å². The molecule has 0 unspecified atom stereocenters. The minimum Gasteiger partial charge on any atom is -0.360 e.